The van der Waals surface area contributed by atoms with Crippen LogP contribution in [-0.2, 0) is 14.4 Å². The third-order valence-corrected chi connectivity index (χ3v) is 1.96. The minimum absolute atomic E-state index is 0.169. The minimum Gasteiger partial charge on any atom is -0.481 e. The molecule has 1 amide bonds. The molecule has 1 atom stereocenters. The third-order valence-electron chi connectivity index (χ3n) is 1.96. The van der Waals surface area contributed by atoms with Crippen LogP contribution in [0.1, 0.15) is 27.2 Å². The lowest BCUT2D eigenvalue weighted by Gasteiger charge is -2.19. The monoisotopic (exact) mass is 231 g/mol. The number of carbonyl (C=O) groups excluding carboxylic acids is 1. The van der Waals surface area contributed by atoms with Gasteiger partial charge in [0.05, 0.1) is 12.3 Å². The van der Waals surface area contributed by atoms with Crippen molar-refractivity contribution in [3.05, 3.63) is 0 Å². The number of rotatable bonds is 5. The van der Waals surface area contributed by atoms with Crippen LogP contribution in [0.5, 0.6) is 0 Å². The highest BCUT2D eigenvalue weighted by Gasteiger charge is 2.25. The summed E-state index contributed by atoms with van der Waals surface area (Å²) in [4.78, 5) is 32.5. The normalized spacial score (nSPS) is 12.9. The molecule has 0 aromatic heterocycles. The average Bonchev–Trinajstić information content (AvgIpc) is 2.08. The standard InChI is InChI=1S/C10H17NO5/c1-10(2,3)9(16)11-5-6(8(14)15)4-7(12)13/h6H,4-5H2,1-3H3,(H,11,16)(H,12,13)(H,14,15). The maximum Gasteiger partial charge on any atom is 0.308 e. The molecular weight excluding hydrogens is 214 g/mol. The van der Waals surface area contributed by atoms with Gasteiger partial charge in [-0.1, -0.05) is 20.8 Å². The fourth-order valence-corrected chi connectivity index (χ4v) is 0.939. The van der Waals surface area contributed by atoms with Crippen LogP contribution in [0.4, 0.5) is 0 Å². The summed E-state index contributed by atoms with van der Waals surface area (Å²) in [6, 6.07) is 0. The zero-order chi connectivity index (χ0) is 12.9. The van der Waals surface area contributed by atoms with Gasteiger partial charge in [-0.25, -0.2) is 0 Å². The molecule has 92 valence electrons. The van der Waals surface area contributed by atoms with Gasteiger partial charge in [0, 0.05) is 12.0 Å². The second-order valence-electron chi connectivity index (χ2n) is 4.59. The molecule has 6 heteroatoms. The maximum atomic E-state index is 11.4. The molecule has 0 rings (SSSR count). The van der Waals surface area contributed by atoms with E-state index in [1.54, 1.807) is 20.8 Å². The first-order chi connectivity index (χ1) is 7.14. The largest absolute Gasteiger partial charge is 0.481 e. The number of aliphatic carboxylic acids is 2. The number of carboxylic acids is 2. The van der Waals surface area contributed by atoms with Gasteiger partial charge in [0.15, 0.2) is 0 Å². The lowest BCUT2D eigenvalue weighted by molar-refractivity contribution is -0.148. The molecule has 0 heterocycles. The van der Waals surface area contributed by atoms with Crippen LogP contribution in [0, 0.1) is 11.3 Å². The quantitative estimate of drug-likeness (QED) is 0.632. The predicted molar refractivity (Wildman–Crippen MR) is 55.8 cm³/mol. The molecule has 0 spiro atoms. The summed E-state index contributed by atoms with van der Waals surface area (Å²) in [7, 11) is 0. The lowest BCUT2D eigenvalue weighted by atomic mass is 9.95. The van der Waals surface area contributed by atoms with Gasteiger partial charge in [-0.05, 0) is 0 Å². The van der Waals surface area contributed by atoms with Crippen molar-refractivity contribution in [2.75, 3.05) is 6.54 Å². The molecule has 1 unspecified atom stereocenters. The zero-order valence-electron chi connectivity index (χ0n) is 9.61. The highest BCUT2D eigenvalue weighted by atomic mass is 16.4. The van der Waals surface area contributed by atoms with Crippen LogP contribution in [0.25, 0.3) is 0 Å². The van der Waals surface area contributed by atoms with E-state index in [9.17, 15) is 14.4 Å². The van der Waals surface area contributed by atoms with E-state index in [-0.39, 0.29) is 12.5 Å². The number of carboxylic acid groups (broad SMARTS) is 2. The number of carbonyl (C=O) groups is 3. The van der Waals surface area contributed by atoms with Crippen molar-refractivity contribution in [2.45, 2.75) is 27.2 Å². The van der Waals surface area contributed by atoms with Gasteiger partial charge >= 0.3 is 11.9 Å². The van der Waals surface area contributed by atoms with Crippen LogP contribution in [0.2, 0.25) is 0 Å². The van der Waals surface area contributed by atoms with Gasteiger partial charge in [-0.15, -0.1) is 0 Å². The summed E-state index contributed by atoms with van der Waals surface area (Å²) in [6.45, 7) is 4.90. The molecule has 0 bridgehead atoms. The predicted octanol–water partition coefficient (Wildman–Crippen LogP) is 0.324. The van der Waals surface area contributed by atoms with Crippen LogP contribution in [0.3, 0.4) is 0 Å². The Balaban J connectivity index is 4.28. The Labute approximate surface area is 93.6 Å². The molecule has 6 nitrogen and oxygen atoms in total. The highest BCUT2D eigenvalue weighted by molar-refractivity contribution is 5.83. The first-order valence-corrected chi connectivity index (χ1v) is 4.87. The number of hydrogen-bond donors (Lipinski definition) is 3. The van der Waals surface area contributed by atoms with E-state index in [4.69, 9.17) is 10.2 Å². The van der Waals surface area contributed by atoms with Gasteiger partial charge in [-0.2, -0.15) is 0 Å². The number of amides is 1. The SMILES string of the molecule is CC(C)(C)C(=O)NCC(CC(=O)O)C(=O)O. The van der Waals surface area contributed by atoms with Crippen LogP contribution >= 0.6 is 0 Å². The molecule has 0 aliphatic rings. The average molecular weight is 231 g/mol. The van der Waals surface area contributed by atoms with Crippen molar-refractivity contribution in [2.24, 2.45) is 11.3 Å². The minimum atomic E-state index is -1.23. The van der Waals surface area contributed by atoms with Crippen molar-refractivity contribution in [1.29, 1.82) is 0 Å². The van der Waals surface area contributed by atoms with E-state index in [0.29, 0.717) is 0 Å². The van der Waals surface area contributed by atoms with E-state index < -0.39 is 29.7 Å². The fraction of sp³-hybridized carbons (Fsp3) is 0.700. The summed E-state index contributed by atoms with van der Waals surface area (Å²) in [5.41, 5.74) is -0.619. The summed E-state index contributed by atoms with van der Waals surface area (Å²) < 4.78 is 0. The van der Waals surface area contributed by atoms with Crippen molar-refractivity contribution in [1.82, 2.24) is 5.32 Å². The summed E-state index contributed by atoms with van der Waals surface area (Å²) in [5.74, 6) is -3.82. The molecular formula is C10H17NO5. The van der Waals surface area contributed by atoms with Gasteiger partial charge in [0.25, 0.3) is 0 Å². The Morgan fingerprint density at radius 2 is 1.69 bits per heavy atom. The first kappa shape index (κ1) is 14.4. The van der Waals surface area contributed by atoms with Crippen molar-refractivity contribution in [3.8, 4) is 0 Å². The first-order valence-electron chi connectivity index (χ1n) is 4.87. The Kier molecular flexibility index (Phi) is 4.94. The molecule has 0 aliphatic heterocycles. The number of hydrogen-bond acceptors (Lipinski definition) is 3. The van der Waals surface area contributed by atoms with Crippen LogP contribution < -0.4 is 5.32 Å². The Bertz CT molecular complexity index is 292. The summed E-state index contributed by atoms with van der Waals surface area (Å²) in [5, 5.41) is 19.6. The van der Waals surface area contributed by atoms with E-state index >= 15 is 0 Å². The Morgan fingerprint density at radius 1 is 1.19 bits per heavy atom. The van der Waals surface area contributed by atoms with Gasteiger partial charge < -0.3 is 15.5 Å². The third kappa shape index (κ3) is 5.33. The van der Waals surface area contributed by atoms with E-state index in [1.165, 1.54) is 0 Å². The second kappa shape index (κ2) is 5.48. The molecule has 0 aliphatic carbocycles. The molecule has 0 saturated heterocycles. The Morgan fingerprint density at radius 3 is 2.00 bits per heavy atom. The molecule has 0 fully saturated rings. The number of nitrogens with one attached hydrogen (secondary N) is 1. The molecule has 0 radical (unpaired) electrons. The lowest BCUT2D eigenvalue weighted by Crippen LogP contribution is -2.40. The molecule has 0 aromatic carbocycles. The van der Waals surface area contributed by atoms with Crippen molar-refractivity contribution < 1.29 is 24.6 Å². The van der Waals surface area contributed by atoms with E-state index in [2.05, 4.69) is 5.32 Å². The Hall–Kier alpha value is -1.59. The van der Waals surface area contributed by atoms with Gasteiger partial charge in [-0.3, -0.25) is 14.4 Å². The topological polar surface area (TPSA) is 104 Å². The summed E-state index contributed by atoms with van der Waals surface area (Å²) in [6.07, 6.45) is -0.500. The van der Waals surface area contributed by atoms with E-state index in [0.717, 1.165) is 0 Å². The van der Waals surface area contributed by atoms with Crippen molar-refractivity contribution >= 4 is 17.8 Å². The van der Waals surface area contributed by atoms with Gasteiger partial charge in [0.2, 0.25) is 5.91 Å². The van der Waals surface area contributed by atoms with Crippen molar-refractivity contribution in [3.63, 3.8) is 0 Å². The van der Waals surface area contributed by atoms with Gasteiger partial charge in [0.1, 0.15) is 0 Å². The molecule has 3 N–H and O–H groups in total. The second-order valence-corrected chi connectivity index (χ2v) is 4.59. The molecule has 0 saturated carbocycles. The highest BCUT2D eigenvalue weighted by Crippen LogP contribution is 2.13. The van der Waals surface area contributed by atoms with E-state index in [1.807, 2.05) is 0 Å². The van der Waals surface area contributed by atoms with Crippen LogP contribution in [-0.4, -0.2) is 34.6 Å². The van der Waals surface area contributed by atoms with Crippen LogP contribution in [0.15, 0.2) is 0 Å². The smallest absolute Gasteiger partial charge is 0.308 e. The molecule has 16 heavy (non-hydrogen) atoms. The summed E-state index contributed by atoms with van der Waals surface area (Å²) >= 11 is 0. The zero-order valence-corrected chi connectivity index (χ0v) is 9.61. The maximum absolute atomic E-state index is 11.4. The fourth-order valence-electron chi connectivity index (χ4n) is 0.939. The molecule has 0 aromatic rings.